The van der Waals surface area contributed by atoms with Crippen LogP contribution in [0.4, 0.5) is 0 Å². The molecule has 3 rings (SSSR count). The van der Waals surface area contributed by atoms with Crippen molar-refractivity contribution in [2.45, 2.75) is 110 Å². The van der Waals surface area contributed by atoms with Gasteiger partial charge >= 0.3 is 5.97 Å². The SMILES string of the molecule is CCCCCCCC(=O)Oc1ccc(-c2ccc(C3=CCC(CCCCCCC)CC3)cc2)cc1. The Labute approximate surface area is 214 Å². The second-order valence-electron chi connectivity index (χ2n) is 10.3. The summed E-state index contributed by atoms with van der Waals surface area (Å²) >= 11 is 0. The van der Waals surface area contributed by atoms with Gasteiger partial charge in [-0.05, 0) is 66.0 Å². The number of rotatable bonds is 15. The number of esters is 1. The monoisotopic (exact) mass is 474 g/mol. The molecule has 35 heavy (non-hydrogen) atoms. The Bertz CT molecular complexity index is 892. The normalized spacial score (nSPS) is 15.6. The van der Waals surface area contributed by atoms with E-state index >= 15 is 0 Å². The number of ether oxygens (including phenoxy) is 1. The summed E-state index contributed by atoms with van der Waals surface area (Å²) in [7, 11) is 0. The first-order valence-electron chi connectivity index (χ1n) is 14.3. The van der Waals surface area contributed by atoms with Crippen LogP contribution in [0, 0.1) is 5.92 Å². The predicted octanol–water partition coefficient (Wildman–Crippen LogP) is 10.2. The third-order valence-electron chi connectivity index (χ3n) is 7.39. The Balaban J connectivity index is 1.44. The van der Waals surface area contributed by atoms with Gasteiger partial charge in [0, 0.05) is 6.42 Å². The highest BCUT2D eigenvalue weighted by Crippen LogP contribution is 2.34. The fraction of sp³-hybridized carbons (Fsp3) is 0.545. The fourth-order valence-corrected chi connectivity index (χ4v) is 5.10. The zero-order valence-electron chi connectivity index (χ0n) is 22.2. The van der Waals surface area contributed by atoms with Crippen LogP contribution in [0.5, 0.6) is 5.75 Å². The molecule has 0 heterocycles. The number of carbonyl (C=O) groups excluding carboxylic acids is 1. The van der Waals surface area contributed by atoms with Crippen LogP contribution in [0.2, 0.25) is 0 Å². The fourth-order valence-electron chi connectivity index (χ4n) is 5.10. The first-order valence-corrected chi connectivity index (χ1v) is 14.3. The molecule has 2 aromatic rings. The van der Waals surface area contributed by atoms with E-state index in [1.807, 2.05) is 24.3 Å². The van der Waals surface area contributed by atoms with Crippen LogP contribution in [-0.2, 0) is 4.79 Å². The molecule has 1 aliphatic rings. The van der Waals surface area contributed by atoms with Crippen LogP contribution >= 0.6 is 0 Å². The summed E-state index contributed by atoms with van der Waals surface area (Å²) in [5.41, 5.74) is 5.22. The molecule has 2 nitrogen and oxygen atoms in total. The highest BCUT2D eigenvalue weighted by atomic mass is 16.5. The number of unbranched alkanes of at least 4 members (excludes halogenated alkanes) is 8. The molecule has 0 aliphatic heterocycles. The predicted molar refractivity (Wildman–Crippen MR) is 150 cm³/mol. The second kappa shape index (κ2) is 15.6. The minimum Gasteiger partial charge on any atom is -0.427 e. The van der Waals surface area contributed by atoms with E-state index < -0.39 is 0 Å². The minimum absolute atomic E-state index is 0.127. The molecule has 1 unspecified atom stereocenters. The van der Waals surface area contributed by atoms with Crippen molar-refractivity contribution in [1.82, 2.24) is 0 Å². The van der Waals surface area contributed by atoms with E-state index in [9.17, 15) is 4.79 Å². The smallest absolute Gasteiger partial charge is 0.311 e. The molecule has 2 aromatic carbocycles. The topological polar surface area (TPSA) is 26.3 Å². The van der Waals surface area contributed by atoms with Crippen LogP contribution in [0.15, 0.2) is 54.6 Å². The first kappa shape index (κ1) is 27.2. The summed E-state index contributed by atoms with van der Waals surface area (Å²) < 4.78 is 5.51. The van der Waals surface area contributed by atoms with Gasteiger partial charge in [-0.15, -0.1) is 0 Å². The molecule has 0 aromatic heterocycles. The lowest BCUT2D eigenvalue weighted by Crippen LogP contribution is -2.07. The maximum atomic E-state index is 12.1. The highest BCUT2D eigenvalue weighted by Gasteiger charge is 2.15. The van der Waals surface area contributed by atoms with Gasteiger partial charge in [-0.1, -0.05) is 121 Å². The quantitative estimate of drug-likeness (QED) is 0.146. The number of hydrogen-bond donors (Lipinski definition) is 0. The van der Waals surface area contributed by atoms with Crippen LogP contribution in [0.1, 0.15) is 116 Å². The largest absolute Gasteiger partial charge is 0.427 e. The summed E-state index contributed by atoms with van der Waals surface area (Å²) in [6, 6.07) is 16.9. The van der Waals surface area contributed by atoms with Gasteiger partial charge in [-0.2, -0.15) is 0 Å². The van der Waals surface area contributed by atoms with Crippen molar-refractivity contribution in [3.8, 4) is 16.9 Å². The van der Waals surface area contributed by atoms with Crippen molar-refractivity contribution in [3.05, 3.63) is 60.2 Å². The van der Waals surface area contributed by atoms with Gasteiger partial charge in [0.15, 0.2) is 0 Å². The number of carbonyl (C=O) groups is 1. The molecule has 0 spiro atoms. The van der Waals surface area contributed by atoms with Crippen LogP contribution in [-0.4, -0.2) is 5.97 Å². The Morgan fingerprint density at radius 2 is 1.31 bits per heavy atom. The van der Waals surface area contributed by atoms with Crippen LogP contribution in [0.3, 0.4) is 0 Å². The Morgan fingerprint density at radius 1 is 0.743 bits per heavy atom. The molecule has 0 fully saturated rings. The molecule has 0 amide bonds. The van der Waals surface area contributed by atoms with Gasteiger partial charge in [0.05, 0.1) is 0 Å². The lowest BCUT2D eigenvalue weighted by Gasteiger charge is -2.22. The Kier molecular flexibility index (Phi) is 12.1. The Hall–Kier alpha value is -2.35. The molecule has 190 valence electrons. The molecule has 0 saturated carbocycles. The second-order valence-corrected chi connectivity index (χ2v) is 10.3. The van der Waals surface area contributed by atoms with E-state index in [1.165, 1.54) is 93.7 Å². The van der Waals surface area contributed by atoms with Gasteiger partial charge in [-0.25, -0.2) is 0 Å². The molecule has 1 atom stereocenters. The average molecular weight is 475 g/mol. The van der Waals surface area contributed by atoms with E-state index in [1.54, 1.807) is 0 Å². The lowest BCUT2D eigenvalue weighted by atomic mass is 9.83. The maximum absolute atomic E-state index is 12.1. The standard InChI is InChI=1S/C33H46O2/c1-3-5-7-9-11-13-27-15-17-28(18-16-27)29-19-21-30(22-20-29)31-23-25-32(26-24-31)35-33(34)14-12-10-8-6-4-2/h17,19-27H,3-16,18H2,1-2H3. The number of hydrogen-bond acceptors (Lipinski definition) is 2. The van der Waals surface area contributed by atoms with E-state index in [4.69, 9.17) is 4.74 Å². The number of allylic oxidation sites excluding steroid dienone is 2. The van der Waals surface area contributed by atoms with Crippen molar-refractivity contribution in [3.63, 3.8) is 0 Å². The van der Waals surface area contributed by atoms with E-state index in [2.05, 4.69) is 44.2 Å². The molecule has 1 aliphatic carbocycles. The average Bonchev–Trinajstić information content (AvgIpc) is 2.89. The lowest BCUT2D eigenvalue weighted by molar-refractivity contribution is -0.134. The number of benzene rings is 2. The molecule has 2 heteroatoms. The first-order chi connectivity index (χ1) is 17.2. The molecule has 0 N–H and O–H groups in total. The van der Waals surface area contributed by atoms with Crippen molar-refractivity contribution in [1.29, 1.82) is 0 Å². The minimum atomic E-state index is -0.127. The van der Waals surface area contributed by atoms with Crippen molar-refractivity contribution < 1.29 is 9.53 Å². The van der Waals surface area contributed by atoms with Gasteiger partial charge in [0.25, 0.3) is 0 Å². The van der Waals surface area contributed by atoms with Gasteiger partial charge in [-0.3, -0.25) is 4.79 Å². The summed E-state index contributed by atoms with van der Waals surface area (Å²) in [6.07, 6.45) is 20.8. The van der Waals surface area contributed by atoms with Crippen molar-refractivity contribution in [2.75, 3.05) is 0 Å². The third kappa shape index (κ3) is 9.67. The Morgan fingerprint density at radius 3 is 1.91 bits per heavy atom. The van der Waals surface area contributed by atoms with Crippen LogP contribution in [0.25, 0.3) is 16.7 Å². The summed E-state index contributed by atoms with van der Waals surface area (Å²) in [6.45, 7) is 4.48. The summed E-state index contributed by atoms with van der Waals surface area (Å²) in [5.74, 6) is 1.39. The highest BCUT2D eigenvalue weighted by molar-refractivity contribution is 5.74. The summed E-state index contributed by atoms with van der Waals surface area (Å²) in [5, 5.41) is 0. The maximum Gasteiger partial charge on any atom is 0.311 e. The molecular formula is C33H46O2. The zero-order valence-corrected chi connectivity index (χ0v) is 22.2. The molecular weight excluding hydrogens is 428 g/mol. The van der Waals surface area contributed by atoms with Gasteiger partial charge < -0.3 is 4.74 Å². The summed E-state index contributed by atoms with van der Waals surface area (Å²) in [4.78, 5) is 12.1. The van der Waals surface area contributed by atoms with Crippen molar-refractivity contribution >= 4 is 11.5 Å². The molecule has 0 bridgehead atoms. The van der Waals surface area contributed by atoms with Crippen molar-refractivity contribution in [2.24, 2.45) is 5.92 Å². The van der Waals surface area contributed by atoms with E-state index in [0.29, 0.717) is 12.2 Å². The van der Waals surface area contributed by atoms with Crippen LogP contribution < -0.4 is 4.74 Å². The third-order valence-corrected chi connectivity index (χ3v) is 7.39. The zero-order chi connectivity index (χ0) is 24.7. The molecule has 0 radical (unpaired) electrons. The van der Waals surface area contributed by atoms with Gasteiger partial charge in [0.2, 0.25) is 0 Å². The van der Waals surface area contributed by atoms with Gasteiger partial charge in [0.1, 0.15) is 5.75 Å². The molecule has 0 saturated heterocycles. The van der Waals surface area contributed by atoms with E-state index in [-0.39, 0.29) is 5.97 Å². The van der Waals surface area contributed by atoms with E-state index in [0.717, 1.165) is 24.3 Å².